The third kappa shape index (κ3) is 6.85. The van der Waals surface area contributed by atoms with Crippen molar-refractivity contribution in [3.05, 3.63) is 29.8 Å². The number of benzene rings is 1. The van der Waals surface area contributed by atoms with Crippen molar-refractivity contribution >= 4 is 5.97 Å². The van der Waals surface area contributed by atoms with E-state index in [1.807, 2.05) is 45.0 Å². The number of rotatable bonds is 5. The van der Waals surface area contributed by atoms with Gasteiger partial charge in [0.25, 0.3) is 0 Å². The predicted molar refractivity (Wildman–Crippen MR) is 76.3 cm³/mol. The maximum Gasteiger partial charge on any atom is 0.344 e. The summed E-state index contributed by atoms with van der Waals surface area (Å²) in [5.41, 5.74) is 0.807. The third-order valence-corrected chi connectivity index (χ3v) is 2.34. The smallest absolute Gasteiger partial charge is 0.344 e. The van der Waals surface area contributed by atoms with Crippen LogP contribution in [0.25, 0.3) is 0 Å². The molecule has 106 valence electrons. The summed E-state index contributed by atoms with van der Waals surface area (Å²) < 4.78 is 10.6. The van der Waals surface area contributed by atoms with E-state index in [-0.39, 0.29) is 12.6 Å². The van der Waals surface area contributed by atoms with Crippen LogP contribution in [0.1, 0.15) is 40.2 Å². The highest BCUT2D eigenvalue weighted by Gasteiger charge is 2.16. The molecule has 0 spiro atoms. The molecule has 0 aliphatic rings. The van der Waals surface area contributed by atoms with Gasteiger partial charge in [-0.15, -0.1) is 0 Å². The molecule has 3 nitrogen and oxygen atoms in total. The summed E-state index contributed by atoms with van der Waals surface area (Å²) in [7, 11) is 0. The topological polar surface area (TPSA) is 35.5 Å². The molecule has 0 aliphatic heterocycles. The fourth-order valence-electron chi connectivity index (χ4n) is 1.71. The average molecular weight is 264 g/mol. The second-order valence-electron chi connectivity index (χ2n) is 6.12. The Morgan fingerprint density at radius 2 is 1.74 bits per heavy atom. The van der Waals surface area contributed by atoms with Gasteiger partial charge < -0.3 is 9.47 Å². The van der Waals surface area contributed by atoms with Crippen LogP contribution in [0.4, 0.5) is 0 Å². The third-order valence-electron chi connectivity index (χ3n) is 2.34. The molecule has 0 aliphatic carbocycles. The summed E-state index contributed by atoms with van der Waals surface area (Å²) in [6, 6.07) is 7.85. The van der Waals surface area contributed by atoms with Crippen molar-refractivity contribution in [2.24, 2.45) is 5.92 Å². The number of esters is 1. The van der Waals surface area contributed by atoms with Gasteiger partial charge in [0.05, 0.1) is 0 Å². The molecule has 0 heterocycles. The second-order valence-corrected chi connectivity index (χ2v) is 6.12. The first-order valence-corrected chi connectivity index (χ1v) is 6.70. The number of hydrogen-bond donors (Lipinski definition) is 0. The largest absolute Gasteiger partial charge is 0.482 e. The van der Waals surface area contributed by atoms with Crippen LogP contribution in [0.3, 0.4) is 0 Å². The molecular formula is C16H24O3. The minimum absolute atomic E-state index is 0.0548. The van der Waals surface area contributed by atoms with Crippen LogP contribution in [0.15, 0.2) is 24.3 Å². The number of carbonyl (C=O) groups is 1. The van der Waals surface area contributed by atoms with Gasteiger partial charge in [-0.25, -0.2) is 4.79 Å². The van der Waals surface area contributed by atoms with Crippen molar-refractivity contribution in [2.75, 3.05) is 6.61 Å². The van der Waals surface area contributed by atoms with Crippen LogP contribution in [0, 0.1) is 5.92 Å². The van der Waals surface area contributed by atoms with E-state index in [0.29, 0.717) is 11.7 Å². The Morgan fingerprint density at radius 1 is 1.16 bits per heavy atom. The van der Waals surface area contributed by atoms with E-state index in [4.69, 9.17) is 9.47 Å². The molecule has 0 saturated carbocycles. The first-order chi connectivity index (χ1) is 8.76. The van der Waals surface area contributed by atoms with Gasteiger partial charge in [0.15, 0.2) is 6.61 Å². The normalized spacial score (nSPS) is 11.5. The molecule has 1 rings (SSSR count). The lowest BCUT2D eigenvalue weighted by atomic mass is 10.0. The van der Waals surface area contributed by atoms with Crippen LogP contribution >= 0.6 is 0 Å². The maximum atomic E-state index is 11.5. The van der Waals surface area contributed by atoms with Crippen molar-refractivity contribution in [3.63, 3.8) is 0 Å². The maximum absolute atomic E-state index is 11.5. The quantitative estimate of drug-likeness (QED) is 0.762. The van der Waals surface area contributed by atoms with Crippen molar-refractivity contribution in [3.8, 4) is 5.75 Å². The molecular weight excluding hydrogens is 240 g/mol. The molecule has 0 amide bonds. The fourth-order valence-corrected chi connectivity index (χ4v) is 1.71. The van der Waals surface area contributed by atoms with Gasteiger partial charge in [-0.1, -0.05) is 26.0 Å². The standard InChI is InChI=1S/C16H24O3/c1-12(2)10-13-6-8-14(9-7-13)18-11-15(17)19-16(3,4)5/h6-9,12H,10-11H2,1-5H3. The predicted octanol–water partition coefficient (Wildman–Crippen LogP) is 3.61. The van der Waals surface area contributed by atoms with Gasteiger partial charge >= 0.3 is 5.97 Å². The Labute approximate surface area is 115 Å². The molecule has 0 atom stereocenters. The Hall–Kier alpha value is -1.51. The van der Waals surface area contributed by atoms with Gasteiger partial charge in [0, 0.05) is 0 Å². The molecule has 0 unspecified atom stereocenters. The van der Waals surface area contributed by atoms with Crippen LogP contribution in [0.2, 0.25) is 0 Å². The summed E-state index contributed by atoms with van der Waals surface area (Å²) in [6.45, 7) is 9.84. The van der Waals surface area contributed by atoms with E-state index in [9.17, 15) is 4.79 Å². The van der Waals surface area contributed by atoms with Crippen LogP contribution in [-0.2, 0) is 16.0 Å². The molecule has 3 heteroatoms. The second kappa shape index (κ2) is 6.60. The summed E-state index contributed by atoms with van der Waals surface area (Å²) >= 11 is 0. The van der Waals surface area contributed by atoms with E-state index in [2.05, 4.69) is 13.8 Å². The highest BCUT2D eigenvalue weighted by molar-refractivity contribution is 5.71. The molecule has 0 aromatic heterocycles. The molecule has 1 aromatic carbocycles. The molecule has 19 heavy (non-hydrogen) atoms. The van der Waals surface area contributed by atoms with E-state index >= 15 is 0 Å². The van der Waals surface area contributed by atoms with Gasteiger partial charge in [0.2, 0.25) is 0 Å². The summed E-state index contributed by atoms with van der Waals surface area (Å²) in [4.78, 5) is 11.5. The molecule has 0 N–H and O–H groups in total. The Bertz CT molecular complexity index is 399. The number of ether oxygens (including phenoxy) is 2. The van der Waals surface area contributed by atoms with E-state index in [0.717, 1.165) is 6.42 Å². The molecule has 1 aromatic rings. The number of hydrogen-bond acceptors (Lipinski definition) is 3. The zero-order chi connectivity index (χ0) is 14.5. The van der Waals surface area contributed by atoms with Gasteiger partial charge in [-0.3, -0.25) is 0 Å². The first-order valence-electron chi connectivity index (χ1n) is 6.70. The van der Waals surface area contributed by atoms with Gasteiger partial charge in [-0.2, -0.15) is 0 Å². The average Bonchev–Trinajstić information content (AvgIpc) is 2.25. The van der Waals surface area contributed by atoms with Gasteiger partial charge in [0.1, 0.15) is 11.4 Å². The van der Waals surface area contributed by atoms with E-state index < -0.39 is 5.60 Å². The van der Waals surface area contributed by atoms with E-state index in [1.54, 1.807) is 0 Å². The highest BCUT2D eigenvalue weighted by atomic mass is 16.6. The van der Waals surface area contributed by atoms with Crippen LogP contribution < -0.4 is 4.74 Å². The SMILES string of the molecule is CC(C)Cc1ccc(OCC(=O)OC(C)(C)C)cc1. The highest BCUT2D eigenvalue weighted by Crippen LogP contribution is 2.15. The molecule has 0 saturated heterocycles. The Balaban J connectivity index is 2.44. The summed E-state index contributed by atoms with van der Waals surface area (Å²) in [5, 5.41) is 0. The van der Waals surface area contributed by atoms with Crippen molar-refractivity contribution in [1.82, 2.24) is 0 Å². The van der Waals surface area contributed by atoms with Crippen molar-refractivity contribution in [2.45, 2.75) is 46.6 Å². The molecule has 0 bridgehead atoms. The Morgan fingerprint density at radius 3 is 2.21 bits per heavy atom. The zero-order valence-corrected chi connectivity index (χ0v) is 12.5. The molecule has 0 radical (unpaired) electrons. The number of carbonyl (C=O) groups excluding carboxylic acids is 1. The lowest BCUT2D eigenvalue weighted by Crippen LogP contribution is -2.27. The minimum Gasteiger partial charge on any atom is -0.482 e. The monoisotopic (exact) mass is 264 g/mol. The van der Waals surface area contributed by atoms with Crippen LogP contribution in [0.5, 0.6) is 5.75 Å². The van der Waals surface area contributed by atoms with Crippen molar-refractivity contribution in [1.29, 1.82) is 0 Å². The summed E-state index contributed by atoms with van der Waals surface area (Å²) in [5.74, 6) is 0.977. The fraction of sp³-hybridized carbons (Fsp3) is 0.562. The lowest BCUT2D eigenvalue weighted by Gasteiger charge is -2.19. The first kappa shape index (κ1) is 15.5. The Kier molecular flexibility index (Phi) is 5.40. The van der Waals surface area contributed by atoms with Gasteiger partial charge in [-0.05, 0) is 50.8 Å². The molecule has 0 fully saturated rings. The lowest BCUT2D eigenvalue weighted by molar-refractivity contribution is -0.157. The van der Waals surface area contributed by atoms with E-state index in [1.165, 1.54) is 5.56 Å². The zero-order valence-electron chi connectivity index (χ0n) is 12.5. The summed E-state index contributed by atoms with van der Waals surface area (Å²) in [6.07, 6.45) is 1.05. The minimum atomic E-state index is -0.471. The van der Waals surface area contributed by atoms with Crippen LogP contribution in [-0.4, -0.2) is 18.2 Å². The van der Waals surface area contributed by atoms with Crippen molar-refractivity contribution < 1.29 is 14.3 Å².